The largest absolute Gasteiger partial charge is 0.370 e. The Bertz CT molecular complexity index is 1440. The number of aryl methyl sites for hydroxylation is 1. The molecule has 3 aromatic rings. The topological polar surface area (TPSA) is 64.2 Å². The van der Waals surface area contributed by atoms with Gasteiger partial charge in [0.1, 0.15) is 0 Å². The second-order valence-electron chi connectivity index (χ2n) is 11.2. The van der Waals surface area contributed by atoms with Crippen LogP contribution in [0.1, 0.15) is 62.5 Å². The Hall–Kier alpha value is -3.65. The maximum absolute atomic E-state index is 13.7. The minimum Gasteiger partial charge on any atom is -0.370 e. The highest BCUT2D eigenvalue weighted by atomic mass is 32.1. The fourth-order valence-corrected chi connectivity index (χ4v) is 7.23. The van der Waals surface area contributed by atoms with Crippen molar-refractivity contribution in [3.8, 4) is 0 Å². The van der Waals surface area contributed by atoms with Crippen molar-refractivity contribution in [1.82, 2.24) is 9.80 Å². The molecule has 40 heavy (non-hydrogen) atoms. The Balaban J connectivity index is 1.16. The molecule has 0 unspecified atom stereocenters. The lowest BCUT2D eigenvalue weighted by molar-refractivity contribution is -0.136. The third kappa shape index (κ3) is 4.58. The van der Waals surface area contributed by atoms with Crippen molar-refractivity contribution in [2.75, 3.05) is 49.1 Å². The average molecular weight is 557 g/mol. The first-order valence-corrected chi connectivity index (χ1v) is 15.1. The van der Waals surface area contributed by atoms with Crippen LogP contribution in [-0.4, -0.2) is 66.8 Å². The van der Waals surface area contributed by atoms with Gasteiger partial charge >= 0.3 is 0 Å². The zero-order valence-electron chi connectivity index (χ0n) is 23.4. The third-order valence-electron chi connectivity index (χ3n) is 8.89. The minimum atomic E-state index is -0.321. The Morgan fingerprint density at radius 3 is 2.38 bits per heavy atom. The molecule has 2 atom stereocenters. The van der Waals surface area contributed by atoms with Gasteiger partial charge in [-0.25, -0.2) is 0 Å². The first kappa shape index (κ1) is 26.6. The second kappa shape index (κ2) is 10.7. The number of hydrogen-bond acceptors (Lipinski definition) is 6. The summed E-state index contributed by atoms with van der Waals surface area (Å²) >= 11 is 1.55. The molecule has 3 aliphatic heterocycles. The van der Waals surface area contributed by atoms with E-state index in [1.807, 2.05) is 41.5 Å². The Kier molecular flexibility index (Phi) is 7.13. The summed E-state index contributed by atoms with van der Waals surface area (Å²) in [5.74, 6) is -0.403. The molecular formula is C32H36N4O3S. The van der Waals surface area contributed by atoms with E-state index in [1.165, 1.54) is 21.7 Å². The van der Waals surface area contributed by atoms with Crippen LogP contribution in [0.15, 0.2) is 53.9 Å². The number of rotatable bonds is 5. The lowest BCUT2D eigenvalue weighted by atomic mass is 9.94. The number of hydrogen-bond donors (Lipinski definition) is 0. The van der Waals surface area contributed by atoms with Crippen LogP contribution in [0, 0.1) is 19.8 Å². The van der Waals surface area contributed by atoms with Crippen molar-refractivity contribution < 1.29 is 14.4 Å². The number of carbonyl (C=O) groups excluding carboxylic acids is 3. The second-order valence-corrected chi connectivity index (χ2v) is 12.2. The van der Waals surface area contributed by atoms with Gasteiger partial charge in [0.25, 0.3) is 11.8 Å². The number of carbonyl (C=O) groups is 3. The maximum Gasteiger partial charge on any atom is 0.264 e. The van der Waals surface area contributed by atoms with Gasteiger partial charge in [-0.3, -0.25) is 19.3 Å². The summed E-state index contributed by atoms with van der Waals surface area (Å²) in [6.07, 6.45) is 1.72. The molecule has 3 aliphatic rings. The summed E-state index contributed by atoms with van der Waals surface area (Å²) in [5, 5.41) is 1.96. The molecule has 1 aromatic heterocycles. The fraction of sp³-hybridized carbons (Fsp3) is 0.406. The molecule has 2 saturated heterocycles. The van der Waals surface area contributed by atoms with Gasteiger partial charge in [-0.2, -0.15) is 0 Å². The Morgan fingerprint density at radius 2 is 1.62 bits per heavy atom. The molecule has 6 rings (SSSR count). The SMILES string of the molecule is Cc1cccc(N2CCN(C(=O)[C@H]3CCCN(c4cccc5c4C(=O)N([C@H](C)c4cccs4)C5=O)C3)CC2)c1C. The van der Waals surface area contributed by atoms with E-state index in [9.17, 15) is 14.4 Å². The molecule has 0 N–H and O–H groups in total. The quantitative estimate of drug-likeness (QED) is 0.400. The van der Waals surface area contributed by atoms with Crippen molar-refractivity contribution in [1.29, 1.82) is 0 Å². The van der Waals surface area contributed by atoms with Crippen LogP contribution < -0.4 is 9.80 Å². The van der Waals surface area contributed by atoms with Crippen LogP contribution in [0.3, 0.4) is 0 Å². The smallest absolute Gasteiger partial charge is 0.264 e. The number of benzene rings is 2. The monoisotopic (exact) mass is 556 g/mol. The summed E-state index contributed by atoms with van der Waals surface area (Å²) in [6, 6.07) is 15.5. The van der Waals surface area contributed by atoms with Gasteiger partial charge in [-0.05, 0) is 74.4 Å². The van der Waals surface area contributed by atoms with E-state index in [0.717, 1.165) is 43.0 Å². The minimum absolute atomic E-state index is 0.120. The first-order chi connectivity index (χ1) is 19.3. The zero-order chi connectivity index (χ0) is 28.0. The number of nitrogens with zero attached hydrogens (tertiary/aromatic N) is 4. The number of piperazine rings is 1. The molecule has 208 valence electrons. The van der Waals surface area contributed by atoms with E-state index in [-0.39, 0.29) is 29.7 Å². The van der Waals surface area contributed by atoms with Crippen LogP contribution >= 0.6 is 11.3 Å². The van der Waals surface area contributed by atoms with E-state index in [4.69, 9.17) is 0 Å². The number of imide groups is 1. The number of thiophene rings is 1. The summed E-state index contributed by atoms with van der Waals surface area (Å²) in [7, 11) is 0. The Labute approximate surface area is 240 Å². The van der Waals surface area contributed by atoms with Gasteiger partial charge in [0.15, 0.2) is 0 Å². The standard InChI is InChI=1S/C32H36N4O3S/c1-21-8-4-11-26(22(21)2)33-15-17-34(18-16-33)30(37)24-9-6-14-35(20-24)27-12-5-10-25-29(27)32(39)36(31(25)38)23(3)28-13-7-19-40-28/h4-5,7-8,10-13,19,23-24H,6,9,14-18,20H2,1-3H3/t23-,24+/m1/s1. The van der Waals surface area contributed by atoms with Crippen LogP contribution in [0.2, 0.25) is 0 Å². The number of anilines is 2. The van der Waals surface area contributed by atoms with Crippen LogP contribution in [0.5, 0.6) is 0 Å². The van der Waals surface area contributed by atoms with Gasteiger partial charge in [0.05, 0.1) is 28.8 Å². The highest BCUT2D eigenvalue weighted by Gasteiger charge is 2.42. The van der Waals surface area contributed by atoms with Gasteiger partial charge in [0, 0.05) is 49.8 Å². The van der Waals surface area contributed by atoms with E-state index in [0.29, 0.717) is 30.8 Å². The lowest BCUT2D eigenvalue weighted by Crippen LogP contribution is -2.52. The summed E-state index contributed by atoms with van der Waals surface area (Å²) in [4.78, 5) is 49.6. The third-order valence-corrected chi connectivity index (χ3v) is 9.93. The molecule has 0 bridgehead atoms. The molecule has 0 aliphatic carbocycles. The summed E-state index contributed by atoms with van der Waals surface area (Å²) in [6.45, 7) is 10.6. The van der Waals surface area contributed by atoms with Crippen molar-refractivity contribution in [3.63, 3.8) is 0 Å². The molecule has 0 saturated carbocycles. The van der Waals surface area contributed by atoms with Crippen molar-refractivity contribution in [2.45, 2.75) is 39.7 Å². The normalized spacial score (nSPS) is 20.2. The molecule has 0 spiro atoms. The van der Waals surface area contributed by atoms with Crippen LogP contribution in [-0.2, 0) is 4.79 Å². The molecule has 8 heteroatoms. The van der Waals surface area contributed by atoms with Gasteiger partial charge < -0.3 is 14.7 Å². The highest BCUT2D eigenvalue weighted by Crippen LogP contribution is 2.38. The first-order valence-electron chi connectivity index (χ1n) is 14.2. The molecular weight excluding hydrogens is 520 g/mol. The maximum atomic E-state index is 13.7. The molecule has 4 heterocycles. The lowest BCUT2D eigenvalue weighted by Gasteiger charge is -2.40. The molecule has 2 fully saturated rings. The van der Waals surface area contributed by atoms with E-state index in [1.54, 1.807) is 17.4 Å². The molecule has 2 aromatic carbocycles. The van der Waals surface area contributed by atoms with Gasteiger partial charge in [0.2, 0.25) is 5.91 Å². The Morgan fingerprint density at radius 1 is 0.875 bits per heavy atom. The van der Waals surface area contributed by atoms with Crippen molar-refractivity contribution >= 4 is 40.4 Å². The van der Waals surface area contributed by atoms with Crippen molar-refractivity contribution in [3.05, 3.63) is 81.0 Å². The fourth-order valence-electron chi connectivity index (χ4n) is 6.46. The number of piperidine rings is 1. The van der Waals surface area contributed by atoms with Crippen LogP contribution in [0.25, 0.3) is 0 Å². The van der Waals surface area contributed by atoms with Gasteiger partial charge in [-0.15, -0.1) is 11.3 Å². The predicted molar refractivity (Wildman–Crippen MR) is 159 cm³/mol. The van der Waals surface area contributed by atoms with Crippen LogP contribution in [0.4, 0.5) is 11.4 Å². The molecule has 7 nitrogen and oxygen atoms in total. The number of fused-ring (bicyclic) bond motifs is 1. The molecule has 3 amide bonds. The van der Waals surface area contributed by atoms with E-state index in [2.05, 4.69) is 41.8 Å². The average Bonchev–Trinajstić information content (AvgIpc) is 3.61. The van der Waals surface area contributed by atoms with Crippen molar-refractivity contribution in [2.24, 2.45) is 5.92 Å². The van der Waals surface area contributed by atoms with Gasteiger partial charge in [-0.1, -0.05) is 24.3 Å². The predicted octanol–water partition coefficient (Wildman–Crippen LogP) is 5.29. The van der Waals surface area contributed by atoms with E-state index < -0.39 is 0 Å². The number of amides is 3. The highest BCUT2D eigenvalue weighted by molar-refractivity contribution is 7.10. The summed E-state index contributed by atoms with van der Waals surface area (Å²) in [5.41, 5.74) is 5.56. The zero-order valence-corrected chi connectivity index (χ0v) is 24.2. The molecule has 0 radical (unpaired) electrons. The van der Waals surface area contributed by atoms with E-state index >= 15 is 0 Å². The summed E-state index contributed by atoms with van der Waals surface area (Å²) < 4.78 is 0.